The Morgan fingerprint density at radius 1 is 0.660 bits per heavy atom. The van der Waals surface area contributed by atoms with E-state index < -0.39 is 48.8 Å². The Morgan fingerprint density at radius 3 is 2.00 bits per heavy atom. The first-order chi connectivity index (χ1) is 22.7. The smallest absolute Gasteiger partial charge is 0.303 e. The van der Waals surface area contributed by atoms with Crippen molar-refractivity contribution in [2.24, 2.45) is 0 Å². The molecule has 47 heavy (non-hydrogen) atoms. The largest absolute Gasteiger partial charge is 0.461 e. The van der Waals surface area contributed by atoms with E-state index >= 15 is 0 Å². The fourth-order valence-corrected chi connectivity index (χ4v) is 6.30. The molecule has 0 bridgehead atoms. The Morgan fingerprint density at radius 2 is 1.32 bits per heavy atom. The second-order valence-electron chi connectivity index (χ2n) is 11.6. The van der Waals surface area contributed by atoms with Gasteiger partial charge in [0.25, 0.3) is 0 Å². The first kappa shape index (κ1) is 30.5. The molecule has 0 aliphatic carbocycles. The predicted octanol–water partition coefficient (Wildman–Crippen LogP) is 6.28. The Kier molecular flexibility index (Phi) is 8.13. The van der Waals surface area contributed by atoms with E-state index in [9.17, 15) is 14.4 Å². The van der Waals surface area contributed by atoms with Crippen molar-refractivity contribution in [3.63, 3.8) is 0 Å². The molecule has 2 aliphatic heterocycles. The number of ether oxygens (including phenoxy) is 7. The summed E-state index contributed by atoms with van der Waals surface area (Å²) in [7, 11) is 0. The van der Waals surface area contributed by atoms with Crippen LogP contribution >= 0.6 is 0 Å². The predicted molar refractivity (Wildman–Crippen MR) is 171 cm³/mol. The first-order valence-electron chi connectivity index (χ1n) is 15.3. The molecule has 5 aromatic rings. The number of fused-ring (bicyclic) bond motifs is 4. The van der Waals surface area contributed by atoms with Crippen molar-refractivity contribution in [3.05, 3.63) is 96.1 Å². The average Bonchev–Trinajstić information content (AvgIpc) is 3.04. The van der Waals surface area contributed by atoms with Gasteiger partial charge in [-0.05, 0) is 62.6 Å². The highest BCUT2D eigenvalue weighted by Gasteiger charge is 2.48. The number of hydrogen-bond donors (Lipinski definition) is 0. The van der Waals surface area contributed by atoms with Crippen LogP contribution in [0.1, 0.15) is 38.2 Å². The highest BCUT2D eigenvalue weighted by molar-refractivity contribution is 6.02. The molecule has 0 saturated carbocycles. The van der Waals surface area contributed by atoms with Gasteiger partial charge in [0.15, 0.2) is 12.2 Å². The molecular weight excluding hydrogens is 604 g/mol. The summed E-state index contributed by atoms with van der Waals surface area (Å²) in [6.45, 7) is 3.85. The highest BCUT2D eigenvalue weighted by Crippen LogP contribution is 2.41. The normalized spacial score (nSPS) is 22.2. The van der Waals surface area contributed by atoms with Crippen LogP contribution < -0.4 is 9.47 Å². The van der Waals surface area contributed by atoms with Crippen molar-refractivity contribution < 1.29 is 47.5 Å². The molecule has 0 aromatic heterocycles. The van der Waals surface area contributed by atoms with Crippen LogP contribution in [0, 0.1) is 0 Å². The van der Waals surface area contributed by atoms with Crippen molar-refractivity contribution in [1.29, 1.82) is 0 Å². The second-order valence-corrected chi connectivity index (χ2v) is 11.6. The molecule has 10 heteroatoms. The number of rotatable bonds is 6. The third-order valence-electron chi connectivity index (χ3n) is 8.22. The molecule has 0 radical (unpaired) electrons. The fraction of sp³-hybridized carbons (Fsp3) is 0.270. The number of carbonyl (C=O) groups excluding carboxylic acids is 3. The van der Waals surface area contributed by atoms with E-state index in [1.165, 1.54) is 20.8 Å². The van der Waals surface area contributed by atoms with Gasteiger partial charge in [0.1, 0.15) is 11.5 Å². The second kappa shape index (κ2) is 12.5. The maximum atomic E-state index is 12.0. The van der Waals surface area contributed by atoms with Gasteiger partial charge in [-0.2, -0.15) is 0 Å². The number of esters is 3. The molecule has 1 fully saturated rings. The summed E-state index contributed by atoms with van der Waals surface area (Å²) in [6, 6.07) is 28.1. The molecule has 0 amide bonds. The average molecular weight is 637 g/mol. The van der Waals surface area contributed by atoms with Crippen LogP contribution in [0.2, 0.25) is 0 Å². The molecular formula is C37H32O10. The van der Waals surface area contributed by atoms with Crippen LogP contribution in [0.4, 0.5) is 0 Å². The van der Waals surface area contributed by atoms with Gasteiger partial charge in [0, 0.05) is 31.9 Å². The van der Waals surface area contributed by atoms with Crippen LogP contribution in [0.15, 0.2) is 84.9 Å². The summed E-state index contributed by atoms with van der Waals surface area (Å²) in [5.74, 6) is -0.733. The molecule has 0 spiro atoms. The summed E-state index contributed by atoms with van der Waals surface area (Å²) < 4.78 is 41.0. The number of hydrogen-bond acceptors (Lipinski definition) is 10. The van der Waals surface area contributed by atoms with Gasteiger partial charge in [0.2, 0.25) is 18.7 Å². The minimum atomic E-state index is -1.20. The maximum absolute atomic E-state index is 12.0. The maximum Gasteiger partial charge on any atom is 0.303 e. The van der Waals surface area contributed by atoms with Gasteiger partial charge < -0.3 is 33.2 Å². The SMILES string of the molecule is CC(=O)O[C@@H]1[C@@H](OC(C)=O)[C@H](Oc2ccc3cc4c(cc3c2)COC(c2c3ccccc3cc3ccccc23)O4)OC[C@H]1OC(C)=O. The van der Waals surface area contributed by atoms with Crippen molar-refractivity contribution in [2.75, 3.05) is 6.61 Å². The van der Waals surface area contributed by atoms with Gasteiger partial charge in [-0.1, -0.05) is 54.6 Å². The van der Waals surface area contributed by atoms with E-state index in [-0.39, 0.29) is 6.61 Å². The molecule has 10 nitrogen and oxygen atoms in total. The van der Waals surface area contributed by atoms with E-state index in [0.717, 1.165) is 49.2 Å². The van der Waals surface area contributed by atoms with Gasteiger partial charge in [-0.25, -0.2) is 0 Å². The van der Waals surface area contributed by atoms with Gasteiger partial charge in [0.05, 0.1) is 13.2 Å². The van der Waals surface area contributed by atoms with Crippen molar-refractivity contribution in [3.8, 4) is 11.5 Å². The van der Waals surface area contributed by atoms with Crippen LogP contribution in [0.3, 0.4) is 0 Å². The standard InChI is InChI=1S/C37H32O10/c1-20(38)43-32-19-42-37(35(45-22(3)40)34(32)44-21(2)39)46-28-13-12-23-17-31-27(15-26(23)16-28)18-41-36(47-31)33-29-10-6-4-8-24(29)14-25-9-5-7-11-30(25)33/h4-17,32,34-37H,18-19H2,1-3H3/t32-,34+,35-,36?,37+/m1/s1. The van der Waals surface area contributed by atoms with Gasteiger partial charge in [-0.15, -0.1) is 0 Å². The summed E-state index contributed by atoms with van der Waals surface area (Å²) in [5.41, 5.74) is 1.87. The van der Waals surface area contributed by atoms with Crippen molar-refractivity contribution >= 4 is 50.2 Å². The van der Waals surface area contributed by atoms with E-state index in [2.05, 4.69) is 30.3 Å². The van der Waals surface area contributed by atoms with Crippen LogP contribution in [0.25, 0.3) is 32.3 Å². The first-order valence-corrected chi connectivity index (χ1v) is 15.3. The van der Waals surface area contributed by atoms with E-state index in [0.29, 0.717) is 12.4 Å². The van der Waals surface area contributed by atoms with E-state index in [1.807, 2.05) is 48.5 Å². The van der Waals surface area contributed by atoms with Crippen LogP contribution in [0.5, 0.6) is 11.5 Å². The van der Waals surface area contributed by atoms with Crippen molar-refractivity contribution in [2.45, 2.75) is 58.3 Å². The molecule has 5 aromatic carbocycles. The quantitative estimate of drug-likeness (QED) is 0.120. The molecule has 2 aliphatic rings. The van der Waals surface area contributed by atoms with Gasteiger partial charge >= 0.3 is 17.9 Å². The third-order valence-corrected chi connectivity index (χ3v) is 8.22. The fourth-order valence-electron chi connectivity index (χ4n) is 6.30. The molecule has 240 valence electrons. The van der Waals surface area contributed by atoms with Gasteiger partial charge in [-0.3, -0.25) is 14.4 Å². The molecule has 5 atom stereocenters. The van der Waals surface area contributed by atoms with Crippen LogP contribution in [-0.4, -0.2) is 49.1 Å². The lowest BCUT2D eigenvalue weighted by Crippen LogP contribution is -2.59. The van der Waals surface area contributed by atoms with E-state index in [4.69, 9.17) is 33.2 Å². The number of carbonyl (C=O) groups is 3. The Bertz CT molecular complexity index is 1970. The zero-order valence-electron chi connectivity index (χ0n) is 26.0. The topological polar surface area (TPSA) is 116 Å². The Hall–Kier alpha value is -5.19. The van der Waals surface area contributed by atoms with Crippen molar-refractivity contribution in [1.82, 2.24) is 0 Å². The molecule has 2 heterocycles. The van der Waals surface area contributed by atoms with E-state index in [1.54, 1.807) is 6.07 Å². The lowest BCUT2D eigenvalue weighted by molar-refractivity contribution is -0.259. The molecule has 7 rings (SSSR count). The summed E-state index contributed by atoms with van der Waals surface area (Å²) in [5, 5.41) is 6.15. The zero-order valence-corrected chi connectivity index (χ0v) is 26.0. The third kappa shape index (κ3) is 6.17. The zero-order chi connectivity index (χ0) is 32.7. The minimum Gasteiger partial charge on any atom is -0.461 e. The lowest BCUT2D eigenvalue weighted by atomic mass is 9.96. The number of benzene rings is 5. The Balaban J connectivity index is 1.16. The molecule has 1 saturated heterocycles. The molecule has 1 unspecified atom stereocenters. The highest BCUT2D eigenvalue weighted by atomic mass is 16.7. The molecule has 0 N–H and O–H groups in total. The summed E-state index contributed by atoms with van der Waals surface area (Å²) in [4.78, 5) is 35.6. The summed E-state index contributed by atoms with van der Waals surface area (Å²) in [6.07, 6.45) is -5.06. The minimum absolute atomic E-state index is 0.136. The lowest BCUT2D eigenvalue weighted by Gasteiger charge is -2.40. The Labute approximate surface area is 270 Å². The van der Waals surface area contributed by atoms with Crippen LogP contribution in [-0.2, 0) is 44.7 Å². The monoisotopic (exact) mass is 636 g/mol. The summed E-state index contributed by atoms with van der Waals surface area (Å²) >= 11 is 0.